The van der Waals surface area contributed by atoms with E-state index in [1.165, 1.54) is 63.3 Å². The molecule has 4 nitrogen and oxygen atoms in total. The van der Waals surface area contributed by atoms with Gasteiger partial charge in [-0.15, -0.1) is 0 Å². The quantitative estimate of drug-likeness (QED) is 0.180. The first-order valence-corrected chi connectivity index (χ1v) is 13.7. The average molecular weight is 532 g/mol. The molecule has 5 heteroatoms. The number of benzene rings is 3. The van der Waals surface area contributed by atoms with Crippen LogP contribution in [0.4, 0.5) is 0 Å². The van der Waals surface area contributed by atoms with Crippen LogP contribution in [0.1, 0.15) is 50.7 Å². The first-order valence-electron chi connectivity index (χ1n) is 12.9. The second-order valence-electron chi connectivity index (χ2n) is 9.45. The van der Waals surface area contributed by atoms with Crippen molar-refractivity contribution in [3.05, 3.63) is 95.0 Å². The van der Waals surface area contributed by atoms with Crippen LogP contribution in [0.15, 0.2) is 83.9 Å². The number of fused-ring (bicyclic) bond motifs is 2. The molecule has 0 spiro atoms. The fourth-order valence-corrected chi connectivity index (χ4v) is 5.51. The maximum absolute atomic E-state index is 3.98. The Hall–Kier alpha value is -2.92. The van der Waals surface area contributed by atoms with Gasteiger partial charge in [-0.3, -0.25) is 0 Å². The highest BCUT2D eigenvalue weighted by Gasteiger charge is 2.19. The summed E-state index contributed by atoms with van der Waals surface area (Å²) < 4.78 is 10.8. The first kappa shape index (κ1) is 23.8. The van der Waals surface area contributed by atoms with Crippen LogP contribution >= 0.6 is 15.9 Å². The van der Waals surface area contributed by atoms with E-state index in [2.05, 4.69) is 127 Å². The van der Waals surface area contributed by atoms with E-state index in [-0.39, 0.29) is 0 Å². The van der Waals surface area contributed by atoms with Gasteiger partial charge in [0.25, 0.3) is 0 Å². The number of aryl methyl sites for hydroxylation is 2. The molecular weight excluding hydrogens is 496 g/mol. The van der Waals surface area contributed by atoms with Gasteiger partial charge in [-0.2, -0.15) is 0 Å². The van der Waals surface area contributed by atoms with E-state index in [4.69, 9.17) is 0 Å². The summed E-state index contributed by atoms with van der Waals surface area (Å²) in [7, 11) is 0. The monoisotopic (exact) mass is 530 g/mol. The summed E-state index contributed by atoms with van der Waals surface area (Å²) in [6.45, 7) is 8.31. The summed E-state index contributed by atoms with van der Waals surface area (Å²) in [6, 6.07) is 24.2. The second-order valence-corrected chi connectivity index (χ2v) is 10.2. The van der Waals surface area contributed by atoms with Crippen LogP contribution in [0.5, 0.6) is 0 Å². The third kappa shape index (κ3) is 4.92. The molecule has 3 aromatic carbocycles. The molecule has 0 saturated carbocycles. The van der Waals surface area contributed by atoms with E-state index in [1.807, 2.05) is 0 Å². The van der Waals surface area contributed by atoms with Gasteiger partial charge >= 0.3 is 0 Å². The number of hydrogen-bond donors (Lipinski definition) is 0. The molecule has 0 aliphatic carbocycles. The minimum Gasteiger partial charge on any atom is -0.230 e. The van der Waals surface area contributed by atoms with Gasteiger partial charge in [-0.25, -0.2) is 18.3 Å². The van der Waals surface area contributed by atoms with Crippen LogP contribution in [0.3, 0.4) is 0 Å². The lowest BCUT2D eigenvalue weighted by molar-refractivity contribution is -0.664. The predicted octanol–water partition coefficient (Wildman–Crippen LogP) is 6.63. The Kier molecular flexibility index (Phi) is 7.33. The normalized spacial score (nSPS) is 11.6. The summed E-state index contributed by atoms with van der Waals surface area (Å²) in [5.74, 6) is 0. The SMILES string of the molecule is CCCCn1c[n+](Cc2cccc(C[n+]3cn(CCCC)c4ccccc43)c2Br)c2ccccc21. The van der Waals surface area contributed by atoms with Gasteiger partial charge in [0.1, 0.15) is 13.1 Å². The number of rotatable bonds is 10. The molecule has 0 unspecified atom stereocenters. The fourth-order valence-electron chi connectivity index (χ4n) is 4.99. The van der Waals surface area contributed by atoms with Crippen molar-refractivity contribution in [1.29, 1.82) is 0 Å². The molecule has 0 amide bonds. The van der Waals surface area contributed by atoms with Crippen molar-refractivity contribution in [3.8, 4) is 0 Å². The molecular formula is C30H35BrN4+2. The number of halogens is 1. The number of imidazole rings is 2. The summed E-state index contributed by atoms with van der Waals surface area (Å²) in [5, 5.41) is 0. The van der Waals surface area contributed by atoms with Crippen molar-refractivity contribution < 1.29 is 9.13 Å². The number of aromatic nitrogens is 4. The Morgan fingerprint density at radius 1 is 0.629 bits per heavy atom. The zero-order valence-corrected chi connectivity index (χ0v) is 22.4. The molecule has 0 aliphatic heterocycles. The Labute approximate surface area is 216 Å². The maximum Gasteiger partial charge on any atom is 0.245 e. The molecule has 180 valence electrons. The van der Waals surface area contributed by atoms with Gasteiger partial charge in [0, 0.05) is 15.6 Å². The van der Waals surface area contributed by atoms with Crippen molar-refractivity contribution in [2.75, 3.05) is 0 Å². The molecule has 35 heavy (non-hydrogen) atoms. The topological polar surface area (TPSA) is 17.6 Å². The highest BCUT2D eigenvalue weighted by Crippen LogP contribution is 2.23. The van der Waals surface area contributed by atoms with E-state index in [0.29, 0.717) is 0 Å². The lowest BCUT2D eigenvalue weighted by Crippen LogP contribution is -2.34. The third-order valence-corrected chi connectivity index (χ3v) is 7.92. The minimum absolute atomic E-state index is 0.844. The van der Waals surface area contributed by atoms with Gasteiger partial charge in [0.05, 0.1) is 13.1 Å². The molecule has 0 aliphatic rings. The first-order chi connectivity index (χ1) is 17.2. The van der Waals surface area contributed by atoms with Crippen molar-refractivity contribution >= 4 is 38.0 Å². The van der Waals surface area contributed by atoms with Crippen molar-refractivity contribution in [1.82, 2.24) is 9.13 Å². The highest BCUT2D eigenvalue weighted by atomic mass is 79.9. The van der Waals surface area contributed by atoms with Crippen molar-refractivity contribution in [2.24, 2.45) is 0 Å². The summed E-state index contributed by atoms with van der Waals surface area (Å²) in [5.41, 5.74) is 7.80. The van der Waals surface area contributed by atoms with E-state index in [0.717, 1.165) is 26.2 Å². The molecule has 0 atom stereocenters. The summed E-state index contributed by atoms with van der Waals surface area (Å²) in [6.07, 6.45) is 9.37. The smallest absolute Gasteiger partial charge is 0.230 e. The number of unbranched alkanes of at least 4 members (excludes halogenated alkanes) is 2. The zero-order valence-electron chi connectivity index (χ0n) is 20.8. The molecule has 0 saturated heterocycles. The van der Waals surface area contributed by atoms with Gasteiger partial charge in [0.2, 0.25) is 12.7 Å². The zero-order chi connectivity index (χ0) is 24.2. The minimum atomic E-state index is 0.844. The summed E-state index contributed by atoms with van der Waals surface area (Å²) >= 11 is 3.98. The average Bonchev–Trinajstić information content (AvgIpc) is 3.42. The van der Waals surface area contributed by atoms with Gasteiger partial charge in [-0.1, -0.05) is 69.2 Å². The Morgan fingerprint density at radius 2 is 1.09 bits per heavy atom. The number of nitrogens with zero attached hydrogens (tertiary/aromatic N) is 4. The second kappa shape index (κ2) is 10.8. The fraction of sp³-hybridized carbons (Fsp3) is 0.333. The van der Waals surface area contributed by atoms with Crippen LogP contribution in [-0.2, 0) is 26.2 Å². The highest BCUT2D eigenvalue weighted by molar-refractivity contribution is 9.10. The Morgan fingerprint density at radius 3 is 1.54 bits per heavy atom. The Bertz CT molecular complexity index is 1340. The maximum atomic E-state index is 3.98. The van der Waals surface area contributed by atoms with E-state index < -0.39 is 0 Å². The Balaban J connectivity index is 1.46. The predicted molar refractivity (Wildman–Crippen MR) is 146 cm³/mol. The molecule has 2 aromatic heterocycles. The molecule has 5 aromatic rings. The molecule has 2 heterocycles. The van der Waals surface area contributed by atoms with E-state index in [1.54, 1.807) is 0 Å². The van der Waals surface area contributed by atoms with Gasteiger partial charge in [0.15, 0.2) is 22.1 Å². The van der Waals surface area contributed by atoms with Gasteiger partial charge in [-0.05, 0) is 53.0 Å². The van der Waals surface area contributed by atoms with E-state index in [9.17, 15) is 0 Å². The molecule has 0 fully saturated rings. The lowest BCUT2D eigenvalue weighted by atomic mass is 10.1. The van der Waals surface area contributed by atoms with Crippen LogP contribution in [0.25, 0.3) is 22.1 Å². The molecule has 0 radical (unpaired) electrons. The van der Waals surface area contributed by atoms with Crippen molar-refractivity contribution in [2.45, 2.75) is 65.7 Å². The van der Waals surface area contributed by atoms with Gasteiger partial charge < -0.3 is 0 Å². The number of para-hydroxylation sites is 4. The standard InChI is InChI=1S/C30H35BrN4/c1-3-5-18-32-22-34(28-16-9-7-14-26(28)32)20-24-12-11-13-25(30(24)31)21-35-23-33(19-6-4-2)27-15-8-10-17-29(27)35/h7-17,22-23H,3-6,18-21H2,1-2H3/q+2. The van der Waals surface area contributed by atoms with E-state index >= 15 is 0 Å². The van der Waals surface area contributed by atoms with Crippen LogP contribution in [0, 0.1) is 0 Å². The van der Waals surface area contributed by atoms with Crippen LogP contribution < -0.4 is 9.13 Å². The molecule has 5 rings (SSSR count). The number of hydrogen-bond acceptors (Lipinski definition) is 0. The van der Waals surface area contributed by atoms with Crippen molar-refractivity contribution in [3.63, 3.8) is 0 Å². The van der Waals surface area contributed by atoms with Crippen LogP contribution in [-0.4, -0.2) is 9.13 Å². The largest absolute Gasteiger partial charge is 0.245 e. The third-order valence-electron chi connectivity index (χ3n) is 6.90. The molecule has 0 N–H and O–H groups in total. The van der Waals surface area contributed by atoms with Crippen LogP contribution in [0.2, 0.25) is 0 Å². The summed E-state index contributed by atoms with van der Waals surface area (Å²) in [4.78, 5) is 0. The molecule has 0 bridgehead atoms. The lowest BCUT2D eigenvalue weighted by Gasteiger charge is -2.08.